The molecule has 0 aliphatic carbocycles. The van der Waals surface area contributed by atoms with Crippen LogP contribution >= 0.6 is 0 Å². The summed E-state index contributed by atoms with van der Waals surface area (Å²) in [6.07, 6.45) is -0.0167. The smallest absolute Gasteiger partial charge is 0.303 e. The van der Waals surface area contributed by atoms with E-state index in [1.807, 2.05) is 18.2 Å². The highest BCUT2D eigenvalue weighted by Gasteiger charge is 2.09. The average Bonchev–Trinajstić information content (AvgIpc) is 2.62. The normalized spacial score (nSPS) is 11.0. The number of hydrogen-bond acceptors (Lipinski definition) is 5. The van der Waals surface area contributed by atoms with Gasteiger partial charge < -0.3 is 20.4 Å². The topological polar surface area (TPSA) is 108 Å². The van der Waals surface area contributed by atoms with Crippen molar-refractivity contribution >= 4 is 23.3 Å². The zero-order valence-corrected chi connectivity index (χ0v) is 13.4. The van der Waals surface area contributed by atoms with Gasteiger partial charge in [-0.3, -0.25) is 9.59 Å². The molecule has 2 aromatic carbocycles. The van der Waals surface area contributed by atoms with Gasteiger partial charge >= 0.3 is 5.97 Å². The predicted molar refractivity (Wildman–Crippen MR) is 92.2 cm³/mol. The van der Waals surface area contributed by atoms with E-state index in [2.05, 4.69) is 10.5 Å². The molecule has 0 saturated carbocycles. The maximum atomic E-state index is 11.9. The Morgan fingerprint density at radius 2 is 1.68 bits per heavy atom. The maximum absolute atomic E-state index is 11.9. The van der Waals surface area contributed by atoms with Crippen LogP contribution in [0.1, 0.15) is 18.4 Å². The number of carboxylic acid groups (broad SMARTS) is 1. The molecule has 2 rings (SSSR count). The molecule has 7 nitrogen and oxygen atoms in total. The molecular weight excluding hydrogens is 324 g/mol. The van der Waals surface area contributed by atoms with Gasteiger partial charge in [0.2, 0.25) is 0 Å². The number of carbonyl (C=O) groups is 2. The molecule has 0 aliphatic heterocycles. The average molecular weight is 342 g/mol. The lowest BCUT2D eigenvalue weighted by Gasteiger charge is -2.08. The van der Waals surface area contributed by atoms with Crippen LogP contribution in [-0.2, 0) is 9.59 Å². The largest absolute Gasteiger partial charge is 0.484 e. The number of ether oxygens (including phenoxy) is 1. The third-order valence-corrected chi connectivity index (χ3v) is 3.31. The van der Waals surface area contributed by atoms with Crippen LogP contribution in [0.4, 0.5) is 5.69 Å². The first-order valence-electron chi connectivity index (χ1n) is 7.59. The molecule has 0 spiro atoms. The van der Waals surface area contributed by atoms with Gasteiger partial charge in [0.1, 0.15) is 5.75 Å². The quantitative estimate of drug-likeness (QED) is 0.388. The Bertz CT molecular complexity index is 742. The van der Waals surface area contributed by atoms with Gasteiger partial charge in [0.05, 0.1) is 12.1 Å². The lowest BCUT2D eigenvalue weighted by Crippen LogP contribution is -2.20. The van der Waals surface area contributed by atoms with Crippen LogP contribution in [0, 0.1) is 0 Å². The van der Waals surface area contributed by atoms with Crippen LogP contribution < -0.4 is 10.1 Å². The van der Waals surface area contributed by atoms with Crippen LogP contribution in [0.2, 0.25) is 0 Å². The highest BCUT2D eigenvalue weighted by molar-refractivity contribution is 6.02. The summed E-state index contributed by atoms with van der Waals surface area (Å²) in [5.74, 6) is -0.669. The molecule has 0 heterocycles. The van der Waals surface area contributed by atoms with E-state index in [4.69, 9.17) is 15.1 Å². The van der Waals surface area contributed by atoms with Crippen molar-refractivity contribution in [3.05, 3.63) is 60.2 Å². The lowest BCUT2D eigenvalue weighted by atomic mass is 10.1. The number of rotatable bonds is 8. The highest BCUT2D eigenvalue weighted by Crippen LogP contribution is 2.13. The minimum atomic E-state index is -0.969. The van der Waals surface area contributed by atoms with Crippen LogP contribution in [0.3, 0.4) is 0 Å². The number of anilines is 1. The van der Waals surface area contributed by atoms with Gasteiger partial charge in [-0.1, -0.05) is 35.5 Å². The van der Waals surface area contributed by atoms with Crippen LogP contribution in [0.15, 0.2) is 59.8 Å². The van der Waals surface area contributed by atoms with Gasteiger partial charge in [0.15, 0.2) is 6.61 Å². The van der Waals surface area contributed by atoms with E-state index >= 15 is 0 Å². The predicted octanol–water partition coefficient (Wildman–Crippen LogP) is 2.75. The summed E-state index contributed by atoms with van der Waals surface area (Å²) in [7, 11) is 0. The summed E-state index contributed by atoms with van der Waals surface area (Å²) in [6.45, 7) is -0.117. The van der Waals surface area contributed by atoms with Gasteiger partial charge in [-0.05, 0) is 29.8 Å². The molecule has 1 amide bonds. The molecular formula is C18H18N2O5. The molecule has 2 aromatic rings. The number of nitrogens with zero attached hydrogens (tertiary/aromatic N) is 1. The highest BCUT2D eigenvalue weighted by atomic mass is 16.5. The van der Waals surface area contributed by atoms with Crippen molar-refractivity contribution in [2.24, 2.45) is 5.16 Å². The molecule has 0 radical (unpaired) electrons. The summed E-state index contributed by atoms with van der Waals surface area (Å²) in [6, 6.07) is 15.6. The van der Waals surface area contributed by atoms with Gasteiger partial charge in [-0.25, -0.2) is 0 Å². The molecule has 130 valence electrons. The first kappa shape index (κ1) is 18.0. The molecule has 7 heteroatoms. The van der Waals surface area contributed by atoms with Crippen molar-refractivity contribution in [3.63, 3.8) is 0 Å². The lowest BCUT2D eigenvalue weighted by molar-refractivity contribution is -0.136. The molecule has 0 aromatic heterocycles. The van der Waals surface area contributed by atoms with Crippen LogP contribution in [0.25, 0.3) is 0 Å². The van der Waals surface area contributed by atoms with Gasteiger partial charge in [0.25, 0.3) is 5.91 Å². The van der Waals surface area contributed by atoms with Gasteiger partial charge in [0, 0.05) is 12.1 Å². The molecule has 0 aliphatic rings. The Morgan fingerprint density at radius 1 is 1.00 bits per heavy atom. The van der Waals surface area contributed by atoms with Crippen molar-refractivity contribution in [3.8, 4) is 5.75 Å². The first-order valence-corrected chi connectivity index (χ1v) is 7.59. The first-order chi connectivity index (χ1) is 12.1. The number of para-hydroxylation sites is 1. The van der Waals surface area contributed by atoms with Crippen LogP contribution in [0.5, 0.6) is 5.75 Å². The molecule has 0 atom stereocenters. The molecule has 0 unspecified atom stereocenters. The Kier molecular flexibility index (Phi) is 6.53. The van der Waals surface area contributed by atoms with E-state index < -0.39 is 5.97 Å². The molecule has 25 heavy (non-hydrogen) atoms. The zero-order valence-electron chi connectivity index (χ0n) is 13.4. The fraction of sp³-hybridized carbons (Fsp3) is 0.167. The Balaban J connectivity index is 1.88. The van der Waals surface area contributed by atoms with Crippen molar-refractivity contribution < 1.29 is 24.6 Å². The number of benzene rings is 2. The van der Waals surface area contributed by atoms with Crippen molar-refractivity contribution in [2.45, 2.75) is 12.8 Å². The Hall–Kier alpha value is -3.35. The number of nitrogens with one attached hydrogen (secondary N) is 1. The minimum absolute atomic E-state index is 0.114. The molecule has 0 fully saturated rings. The number of aliphatic carboxylic acids is 1. The monoisotopic (exact) mass is 342 g/mol. The third kappa shape index (κ3) is 5.98. The summed E-state index contributed by atoms with van der Waals surface area (Å²) in [5.41, 5.74) is 1.41. The zero-order chi connectivity index (χ0) is 18.1. The number of amides is 1. The van der Waals surface area contributed by atoms with Crippen LogP contribution in [-0.4, -0.2) is 34.5 Å². The number of carboxylic acids is 1. The fourth-order valence-corrected chi connectivity index (χ4v) is 2.09. The van der Waals surface area contributed by atoms with Gasteiger partial charge in [-0.15, -0.1) is 0 Å². The summed E-state index contributed by atoms with van der Waals surface area (Å²) >= 11 is 0. The SMILES string of the molecule is O=C(O)CC/C(=N/O)c1ccc(NC(=O)COc2ccccc2)cc1. The van der Waals surface area contributed by atoms with E-state index in [-0.39, 0.29) is 31.1 Å². The summed E-state index contributed by atoms with van der Waals surface area (Å²) in [5, 5.41) is 23.5. The van der Waals surface area contributed by atoms with Crippen molar-refractivity contribution in [2.75, 3.05) is 11.9 Å². The Morgan fingerprint density at radius 3 is 2.28 bits per heavy atom. The molecule has 0 saturated heterocycles. The summed E-state index contributed by atoms with van der Waals surface area (Å²) < 4.78 is 5.35. The van der Waals surface area contributed by atoms with E-state index in [1.165, 1.54) is 0 Å². The second-order valence-corrected chi connectivity index (χ2v) is 5.17. The van der Waals surface area contributed by atoms with E-state index in [9.17, 15) is 9.59 Å². The summed E-state index contributed by atoms with van der Waals surface area (Å²) in [4.78, 5) is 22.5. The second kappa shape index (κ2) is 9.07. The third-order valence-electron chi connectivity index (χ3n) is 3.31. The molecule has 3 N–H and O–H groups in total. The number of carbonyl (C=O) groups excluding carboxylic acids is 1. The number of hydrogen-bond donors (Lipinski definition) is 3. The minimum Gasteiger partial charge on any atom is -0.484 e. The number of oxime groups is 1. The standard InChI is InChI=1S/C18H18N2O5/c21-17(12-25-15-4-2-1-3-5-15)19-14-8-6-13(7-9-14)16(20-24)10-11-18(22)23/h1-9,24H,10-12H2,(H,19,21)(H,22,23)/b20-16-. The van der Waals surface area contributed by atoms with Crippen molar-refractivity contribution in [1.29, 1.82) is 0 Å². The van der Waals surface area contributed by atoms with E-state index in [1.54, 1.807) is 36.4 Å². The Labute approximate surface area is 144 Å². The molecule has 0 bridgehead atoms. The maximum Gasteiger partial charge on any atom is 0.303 e. The van der Waals surface area contributed by atoms with Crippen molar-refractivity contribution in [1.82, 2.24) is 0 Å². The van der Waals surface area contributed by atoms with E-state index in [0.29, 0.717) is 17.0 Å². The van der Waals surface area contributed by atoms with Gasteiger partial charge in [-0.2, -0.15) is 0 Å². The van der Waals surface area contributed by atoms with E-state index in [0.717, 1.165) is 0 Å². The fourth-order valence-electron chi connectivity index (χ4n) is 2.09. The second-order valence-electron chi connectivity index (χ2n) is 5.17.